The molecule has 4 aromatic carbocycles. The molecule has 5 rings (SSSR count). The number of carbonyl (C=O) groups excluding carboxylic acids is 1. The average Bonchev–Trinajstić information content (AvgIpc) is 3.49. The summed E-state index contributed by atoms with van der Waals surface area (Å²) in [5, 5.41) is 9.07. The fourth-order valence-electron chi connectivity index (χ4n) is 5.32. The molecular formula is C36H39N3O7. The summed E-state index contributed by atoms with van der Waals surface area (Å²) in [6.07, 6.45) is 0.0312. The van der Waals surface area contributed by atoms with Crippen LogP contribution in [-0.4, -0.2) is 57.0 Å². The molecule has 0 unspecified atom stereocenters. The molecule has 4 aromatic rings. The van der Waals surface area contributed by atoms with Crippen molar-refractivity contribution in [3.8, 4) is 23.0 Å². The van der Waals surface area contributed by atoms with Crippen LogP contribution in [0.5, 0.6) is 23.0 Å². The van der Waals surface area contributed by atoms with E-state index in [1.807, 2.05) is 97.1 Å². The van der Waals surface area contributed by atoms with Gasteiger partial charge in [-0.3, -0.25) is 10.2 Å². The standard InChI is InChI=1S/C36H39N3O7/c1-42-30-12-7-11-28(22-30)33-36(23-25-9-5-4-6-10-25,35(41)39-37-24-26-13-18-31(43-2)32(21-26)44-3)38-34(46-33)27-14-16-29(17-15-27)45-20-8-19-40/h4-7,9-18,21-22,33,37,40H,8,19-20,23-24H2,1-3H3,(H,39,41)/t33-,36-/m0/s1. The van der Waals surface area contributed by atoms with Crippen molar-refractivity contribution in [2.24, 2.45) is 4.99 Å². The number of nitrogens with one attached hydrogen (secondary N) is 2. The summed E-state index contributed by atoms with van der Waals surface area (Å²) in [5.74, 6) is 2.49. The maximum absolute atomic E-state index is 14.4. The van der Waals surface area contributed by atoms with Gasteiger partial charge in [-0.2, -0.15) is 0 Å². The molecule has 0 bridgehead atoms. The van der Waals surface area contributed by atoms with Crippen molar-refractivity contribution in [2.45, 2.75) is 31.0 Å². The Kier molecular flexibility index (Phi) is 10.7. The molecule has 0 saturated heterocycles. The van der Waals surface area contributed by atoms with Crippen LogP contribution in [0.1, 0.15) is 34.8 Å². The number of aliphatic hydroxyl groups is 1. The van der Waals surface area contributed by atoms with E-state index in [0.717, 1.165) is 16.7 Å². The summed E-state index contributed by atoms with van der Waals surface area (Å²) in [5.41, 5.74) is 7.86. The van der Waals surface area contributed by atoms with Crippen LogP contribution in [0.25, 0.3) is 0 Å². The Morgan fingerprint density at radius 1 is 0.848 bits per heavy atom. The molecule has 3 N–H and O–H groups in total. The maximum Gasteiger partial charge on any atom is 0.266 e. The lowest BCUT2D eigenvalue weighted by Crippen LogP contribution is -2.53. The molecule has 0 aliphatic carbocycles. The minimum Gasteiger partial charge on any atom is -0.497 e. The van der Waals surface area contributed by atoms with Gasteiger partial charge in [-0.15, -0.1) is 0 Å². The van der Waals surface area contributed by atoms with Gasteiger partial charge in [0.1, 0.15) is 11.5 Å². The van der Waals surface area contributed by atoms with E-state index < -0.39 is 11.6 Å². The van der Waals surface area contributed by atoms with E-state index >= 15 is 0 Å². The molecule has 240 valence electrons. The van der Waals surface area contributed by atoms with Crippen molar-refractivity contribution < 1.29 is 33.6 Å². The number of rotatable bonds is 15. The van der Waals surface area contributed by atoms with Gasteiger partial charge in [-0.05, 0) is 65.2 Å². The monoisotopic (exact) mass is 625 g/mol. The SMILES string of the molecule is COc1cccc([C@@H]2OC(c3ccc(OCCCO)cc3)=N[C@]2(Cc2ccccc2)C(=O)NNCc2ccc(OC)c(OC)c2)c1. The van der Waals surface area contributed by atoms with Crippen molar-refractivity contribution in [3.63, 3.8) is 0 Å². The Balaban J connectivity index is 1.49. The summed E-state index contributed by atoms with van der Waals surface area (Å²) in [7, 11) is 4.76. The number of aliphatic imine (C=N–C) groups is 1. The number of aliphatic hydroxyl groups excluding tert-OH is 1. The molecule has 1 aliphatic rings. The molecule has 46 heavy (non-hydrogen) atoms. The zero-order valence-electron chi connectivity index (χ0n) is 26.2. The minimum absolute atomic E-state index is 0.0586. The highest BCUT2D eigenvalue weighted by atomic mass is 16.5. The van der Waals surface area contributed by atoms with Gasteiger partial charge in [-0.1, -0.05) is 48.5 Å². The molecule has 0 fully saturated rings. The van der Waals surface area contributed by atoms with Crippen LogP contribution in [0, 0.1) is 0 Å². The highest BCUT2D eigenvalue weighted by molar-refractivity contribution is 6.01. The molecular weight excluding hydrogens is 586 g/mol. The first-order valence-electron chi connectivity index (χ1n) is 15.0. The van der Waals surface area contributed by atoms with Crippen molar-refractivity contribution in [3.05, 3.63) is 119 Å². The van der Waals surface area contributed by atoms with E-state index in [1.54, 1.807) is 21.3 Å². The highest BCUT2D eigenvalue weighted by Gasteiger charge is 2.53. The van der Waals surface area contributed by atoms with Crippen LogP contribution < -0.4 is 29.8 Å². The van der Waals surface area contributed by atoms with Gasteiger partial charge in [-0.25, -0.2) is 10.4 Å². The highest BCUT2D eigenvalue weighted by Crippen LogP contribution is 2.43. The topological polar surface area (TPSA) is 120 Å². The molecule has 2 atom stereocenters. The number of ether oxygens (including phenoxy) is 5. The summed E-state index contributed by atoms with van der Waals surface area (Å²) in [6.45, 7) is 0.789. The van der Waals surface area contributed by atoms with Crippen LogP contribution in [-0.2, 0) is 22.5 Å². The van der Waals surface area contributed by atoms with E-state index in [-0.39, 0.29) is 18.9 Å². The third-order valence-electron chi connectivity index (χ3n) is 7.69. The average molecular weight is 626 g/mol. The fourth-order valence-corrected chi connectivity index (χ4v) is 5.32. The third kappa shape index (κ3) is 7.42. The van der Waals surface area contributed by atoms with Gasteiger partial charge in [0.25, 0.3) is 5.91 Å². The van der Waals surface area contributed by atoms with E-state index in [0.29, 0.717) is 54.0 Å². The van der Waals surface area contributed by atoms with E-state index in [1.165, 1.54) is 0 Å². The van der Waals surface area contributed by atoms with Gasteiger partial charge in [0.2, 0.25) is 5.90 Å². The van der Waals surface area contributed by atoms with Crippen molar-refractivity contribution >= 4 is 11.8 Å². The lowest BCUT2D eigenvalue weighted by molar-refractivity contribution is -0.130. The zero-order chi connectivity index (χ0) is 32.4. The maximum atomic E-state index is 14.4. The van der Waals surface area contributed by atoms with Gasteiger partial charge in [0.05, 0.1) is 27.9 Å². The van der Waals surface area contributed by atoms with Gasteiger partial charge in [0.15, 0.2) is 23.1 Å². The quantitative estimate of drug-likeness (QED) is 0.127. The van der Waals surface area contributed by atoms with Crippen molar-refractivity contribution in [1.29, 1.82) is 0 Å². The van der Waals surface area contributed by atoms with Crippen molar-refractivity contribution in [2.75, 3.05) is 34.5 Å². The summed E-state index contributed by atoms with van der Waals surface area (Å²) < 4.78 is 28.6. The number of amides is 1. The van der Waals surface area contributed by atoms with E-state index in [2.05, 4.69) is 10.9 Å². The molecule has 0 aromatic heterocycles. The Labute approximate surface area is 268 Å². The van der Waals surface area contributed by atoms with Crippen LogP contribution >= 0.6 is 0 Å². The minimum atomic E-state index is -1.38. The predicted octanol–water partition coefficient (Wildman–Crippen LogP) is 4.79. The normalized spacial score (nSPS) is 17.0. The fraction of sp³-hybridized carbons (Fsp3) is 0.278. The number of hydrazine groups is 1. The molecule has 0 spiro atoms. The second kappa shape index (κ2) is 15.3. The third-order valence-corrected chi connectivity index (χ3v) is 7.69. The second-order valence-electron chi connectivity index (χ2n) is 10.7. The first kappa shape index (κ1) is 32.3. The Morgan fingerprint density at radius 3 is 2.35 bits per heavy atom. The van der Waals surface area contributed by atoms with E-state index in [9.17, 15) is 4.79 Å². The predicted molar refractivity (Wildman–Crippen MR) is 174 cm³/mol. The smallest absolute Gasteiger partial charge is 0.266 e. The molecule has 10 heteroatoms. The molecule has 0 saturated carbocycles. The molecule has 1 amide bonds. The summed E-state index contributed by atoms with van der Waals surface area (Å²) in [4.78, 5) is 19.5. The number of methoxy groups -OCH3 is 3. The molecule has 1 aliphatic heterocycles. The molecule has 0 radical (unpaired) electrons. The Morgan fingerprint density at radius 2 is 1.63 bits per heavy atom. The second-order valence-corrected chi connectivity index (χ2v) is 10.7. The first-order valence-corrected chi connectivity index (χ1v) is 15.0. The van der Waals surface area contributed by atoms with Gasteiger partial charge >= 0.3 is 0 Å². The first-order chi connectivity index (χ1) is 22.5. The number of hydrogen-bond acceptors (Lipinski definition) is 9. The lowest BCUT2D eigenvalue weighted by atomic mass is 9.82. The Hall–Kier alpha value is -5.06. The zero-order valence-corrected chi connectivity index (χ0v) is 26.2. The van der Waals surface area contributed by atoms with Crippen LogP contribution in [0.3, 0.4) is 0 Å². The number of hydrogen-bond donors (Lipinski definition) is 3. The number of benzene rings is 4. The summed E-state index contributed by atoms with van der Waals surface area (Å²) >= 11 is 0. The Bertz CT molecular complexity index is 1630. The van der Waals surface area contributed by atoms with Crippen molar-refractivity contribution in [1.82, 2.24) is 10.9 Å². The molecule has 1 heterocycles. The van der Waals surface area contributed by atoms with Gasteiger partial charge in [0, 0.05) is 31.6 Å². The summed E-state index contributed by atoms with van der Waals surface area (Å²) in [6, 6.07) is 30.1. The lowest BCUT2D eigenvalue weighted by Gasteiger charge is -2.31. The number of carbonyl (C=O) groups is 1. The van der Waals surface area contributed by atoms with E-state index in [4.69, 9.17) is 33.8 Å². The number of nitrogens with zero attached hydrogens (tertiary/aromatic N) is 1. The van der Waals surface area contributed by atoms with Crippen LogP contribution in [0.2, 0.25) is 0 Å². The van der Waals surface area contributed by atoms with Crippen LogP contribution in [0.15, 0.2) is 102 Å². The van der Waals surface area contributed by atoms with Crippen LogP contribution in [0.4, 0.5) is 0 Å². The largest absolute Gasteiger partial charge is 0.497 e. The van der Waals surface area contributed by atoms with Gasteiger partial charge < -0.3 is 28.8 Å². The molecule has 10 nitrogen and oxygen atoms in total.